The number of thiol groups is 1. The first-order chi connectivity index (χ1) is 8.24. The Balaban J connectivity index is 1.93. The fourth-order valence-corrected chi connectivity index (χ4v) is 4.29. The second-order valence-electron chi connectivity index (χ2n) is 5.32. The third-order valence-corrected chi connectivity index (χ3v) is 5.85. The number of benzene rings is 1. The molecule has 0 amide bonds. The van der Waals surface area contributed by atoms with Crippen LogP contribution in [0.3, 0.4) is 0 Å². The predicted molar refractivity (Wildman–Crippen MR) is 81.3 cm³/mol. The molecule has 0 radical (unpaired) electrons. The van der Waals surface area contributed by atoms with Crippen LogP contribution in [-0.2, 0) is 0 Å². The van der Waals surface area contributed by atoms with Gasteiger partial charge in [0.2, 0.25) is 0 Å². The van der Waals surface area contributed by atoms with Crippen molar-refractivity contribution < 1.29 is 0 Å². The average Bonchev–Trinajstić information content (AvgIpc) is 2.39. The summed E-state index contributed by atoms with van der Waals surface area (Å²) in [6.45, 7) is 2.14. The van der Waals surface area contributed by atoms with Crippen molar-refractivity contribution in [1.82, 2.24) is 0 Å². The van der Waals surface area contributed by atoms with Crippen LogP contribution in [0.2, 0.25) is 0 Å². The van der Waals surface area contributed by atoms with Gasteiger partial charge in [-0.1, -0.05) is 37.0 Å². The summed E-state index contributed by atoms with van der Waals surface area (Å²) in [5.41, 5.74) is 1.84. The Labute approximate surface area is 115 Å². The lowest BCUT2D eigenvalue weighted by Gasteiger charge is -2.35. The zero-order valence-corrected chi connectivity index (χ0v) is 12.3. The summed E-state index contributed by atoms with van der Waals surface area (Å²) in [4.78, 5) is 1.40. The molecule has 94 valence electrons. The van der Waals surface area contributed by atoms with Crippen molar-refractivity contribution in [1.29, 1.82) is 0 Å². The monoisotopic (exact) mass is 266 g/mol. The first-order valence-electron chi connectivity index (χ1n) is 6.54. The SMILES string of the molecule is Cc1ccc(SCC2(CS)CCCCC2)cc1. The molecule has 2 heteroatoms. The molecule has 1 fully saturated rings. The van der Waals surface area contributed by atoms with Gasteiger partial charge in [-0.05, 0) is 43.1 Å². The van der Waals surface area contributed by atoms with Crippen molar-refractivity contribution in [2.45, 2.75) is 43.9 Å². The highest BCUT2D eigenvalue weighted by atomic mass is 32.2. The van der Waals surface area contributed by atoms with Gasteiger partial charge in [-0.25, -0.2) is 0 Å². The predicted octanol–water partition coefficient (Wildman–Crippen LogP) is 4.97. The van der Waals surface area contributed by atoms with E-state index in [1.807, 2.05) is 11.8 Å². The molecule has 2 rings (SSSR count). The highest BCUT2D eigenvalue weighted by Gasteiger charge is 2.30. The quantitative estimate of drug-likeness (QED) is 0.593. The van der Waals surface area contributed by atoms with E-state index in [2.05, 4.69) is 43.8 Å². The summed E-state index contributed by atoms with van der Waals surface area (Å²) in [6.07, 6.45) is 6.96. The molecular weight excluding hydrogens is 244 g/mol. The minimum absolute atomic E-state index is 0.497. The number of aryl methyl sites for hydroxylation is 1. The molecule has 0 unspecified atom stereocenters. The van der Waals surface area contributed by atoms with E-state index in [1.165, 1.54) is 48.3 Å². The smallest absolute Gasteiger partial charge is 0.00723 e. The van der Waals surface area contributed by atoms with Gasteiger partial charge < -0.3 is 0 Å². The molecule has 0 atom stereocenters. The lowest BCUT2D eigenvalue weighted by Crippen LogP contribution is -2.28. The van der Waals surface area contributed by atoms with E-state index in [0.29, 0.717) is 5.41 Å². The first-order valence-corrected chi connectivity index (χ1v) is 8.16. The van der Waals surface area contributed by atoms with Crippen LogP contribution in [0.4, 0.5) is 0 Å². The molecule has 0 spiro atoms. The topological polar surface area (TPSA) is 0 Å². The average molecular weight is 266 g/mol. The van der Waals surface area contributed by atoms with Gasteiger partial charge in [0.05, 0.1) is 0 Å². The van der Waals surface area contributed by atoms with Crippen LogP contribution >= 0.6 is 24.4 Å². The van der Waals surface area contributed by atoms with Gasteiger partial charge in [0, 0.05) is 10.6 Å². The van der Waals surface area contributed by atoms with Crippen molar-refractivity contribution in [2.24, 2.45) is 5.41 Å². The molecule has 0 aliphatic heterocycles. The standard InChI is InChI=1S/C15H22S2/c1-13-5-7-14(8-6-13)17-12-15(11-16)9-3-2-4-10-15/h5-8,16H,2-4,9-12H2,1H3. The summed E-state index contributed by atoms with van der Waals surface area (Å²) >= 11 is 6.61. The summed E-state index contributed by atoms with van der Waals surface area (Å²) in [5, 5.41) is 0. The summed E-state index contributed by atoms with van der Waals surface area (Å²) in [7, 11) is 0. The maximum atomic E-state index is 4.60. The molecule has 17 heavy (non-hydrogen) atoms. The van der Waals surface area contributed by atoms with Crippen LogP contribution in [-0.4, -0.2) is 11.5 Å². The van der Waals surface area contributed by atoms with Gasteiger partial charge >= 0.3 is 0 Å². The largest absolute Gasteiger partial charge is 0.179 e. The highest BCUT2D eigenvalue weighted by molar-refractivity contribution is 7.99. The van der Waals surface area contributed by atoms with Gasteiger partial charge in [-0.3, -0.25) is 0 Å². The molecular formula is C15H22S2. The van der Waals surface area contributed by atoms with Gasteiger partial charge in [-0.15, -0.1) is 11.8 Å². The lowest BCUT2D eigenvalue weighted by atomic mass is 9.77. The maximum absolute atomic E-state index is 4.60. The van der Waals surface area contributed by atoms with E-state index in [9.17, 15) is 0 Å². The summed E-state index contributed by atoms with van der Waals surface area (Å²) in [5.74, 6) is 2.28. The van der Waals surface area contributed by atoms with Crippen LogP contribution < -0.4 is 0 Å². The van der Waals surface area contributed by atoms with Crippen molar-refractivity contribution in [3.63, 3.8) is 0 Å². The van der Waals surface area contributed by atoms with Crippen LogP contribution in [0.25, 0.3) is 0 Å². The summed E-state index contributed by atoms with van der Waals surface area (Å²) < 4.78 is 0. The maximum Gasteiger partial charge on any atom is 0.00723 e. The normalized spacial score (nSPS) is 19.2. The number of hydrogen-bond donors (Lipinski definition) is 1. The molecule has 1 aromatic rings. The van der Waals surface area contributed by atoms with E-state index < -0.39 is 0 Å². The molecule has 1 aliphatic rings. The van der Waals surface area contributed by atoms with Crippen LogP contribution in [0.15, 0.2) is 29.2 Å². The van der Waals surface area contributed by atoms with Crippen molar-refractivity contribution >= 4 is 24.4 Å². The first kappa shape index (κ1) is 13.4. The molecule has 0 bridgehead atoms. The van der Waals surface area contributed by atoms with Gasteiger partial charge in [-0.2, -0.15) is 12.6 Å². The molecule has 1 aromatic carbocycles. The Morgan fingerprint density at radius 1 is 1.12 bits per heavy atom. The van der Waals surface area contributed by atoms with E-state index in [-0.39, 0.29) is 0 Å². The van der Waals surface area contributed by atoms with Crippen LogP contribution in [0.1, 0.15) is 37.7 Å². The minimum atomic E-state index is 0.497. The second-order valence-corrected chi connectivity index (χ2v) is 6.69. The van der Waals surface area contributed by atoms with E-state index in [1.54, 1.807) is 0 Å². The van der Waals surface area contributed by atoms with Gasteiger partial charge in [0.1, 0.15) is 0 Å². The van der Waals surface area contributed by atoms with E-state index >= 15 is 0 Å². The van der Waals surface area contributed by atoms with E-state index in [0.717, 1.165) is 5.75 Å². The van der Waals surface area contributed by atoms with Crippen LogP contribution in [0.5, 0.6) is 0 Å². The Bertz CT molecular complexity index is 336. The minimum Gasteiger partial charge on any atom is -0.179 e. The third-order valence-electron chi connectivity index (χ3n) is 3.82. The zero-order valence-electron chi connectivity index (χ0n) is 10.6. The Morgan fingerprint density at radius 3 is 2.35 bits per heavy atom. The number of thioether (sulfide) groups is 1. The van der Waals surface area contributed by atoms with Crippen molar-refractivity contribution in [3.05, 3.63) is 29.8 Å². The lowest BCUT2D eigenvalue weighted by molar-refractivity contribution is 0.259. The Morgan fingerprint density at radius 2 is 1.76 bits per heavy atom. The van der Waals surface area contributed by atoms with E-state index in [4.69, 9.17) is 0 Å². The van der Waals surface area contributed by atoms with Gasteiger partial charge in [0.15, 0.2) is 0 Å². The fourth-order valence-electron chi connectivity index (χ4n) is 2.52. The zero-order chi connectivity index (χ0) is 12.1. The molecule has 0 N–H and O–H groups in total. The molecule has 0 saturated heterocycles. The number of hydrogen-bond acceptors (Lipinski definition) is 2. The Hall–Kier alpha value is -0.0800. The van der Waals surface area contributed by atoms with Crippen LogP contribution in [0, 0.1) is 12.3 Å². The molecule has 0 aromatic heterocycles. The highest BCUT2D eigenvalue weighted by Crippen LogP contribution is 2.41. The summed E-state index contributed by atoms with van der Waals surface area (Å²) in [6, 6.07) is 8.90. The van der Waals surface area contributed by atoms with Crippen molar-refractivity contribution in [3.8, 4) is 0 Å². The van der Waals surface area contributed by atoms with Crippen molar-refractivity contribution in [2.75, 3.05) is 11.5 Å². The molecule has 0 nitrogen and oxygen atoms in total. The number of rotatable bonds is 4. The van der Waals surface area contributed by atoms with Gasteiger partial charge in [0.25, 0.3) is 0 Å². The molecule has 0 heterocycles. The third kappa shape index (κ3) is 3.69. The second kappa shape index (κ2) is 6.19. The molecule has 1 aliphatic carbocycles. The Kier molecular flexibility index (Phi) is 4.87. The molecule has 1 saturated carbocycles. The fraction of sp³-hybridized carbons (Fsp3) is 0.600.